The van der Waals surface area contributed by atoms with E-state index in [-0.39, 0.29) is 12.0 Å². The minimum absolute atomic E-state index is 0.0554. The lowest BCUT2D eigenvalue weighted by Crippen LogP contribution is -2.54. The van der Waals surface area contributed by atoms with E-state index in [0.29, 0.717) is 12.8 Å². The summed E-state index contributed by atoms with van der Waals surface area (Å²) in [5.41, 5.74) is -0.589. The highest BCUT2D eigenvalue weighted by atomic mass is 16.6. The first kappa shape index (κ1) is 16.5. The Hall–Kier alpha value is -1.52. The zero-order valence-electron chi connectivity index (χ0n) is 12.8. The lowest BCUT2D eigenvalue weighted by atomic mass is 9.94. The van der Waals surface area contributed by atoms with Gasteiger partial charge in [0.2, 0.25) is 0 Å². The lowest BCUT2D eigenvalue weighted by molar-refractivity contribution is -0.149. The molecule has 2 atom stereocenters. The molecule has 5 nitrogen and oxygen atoms in total. The molecule has 0 aromatic heterocycles. The molecule has 0 N–H and O–H groups in total. The Bertz CT molecular complexity index is 373. The Morgan fingerprint density at radius 1 is 1.35 bits per heavy atom. The van der Waals surface area contributed by atoms with Crippen LogP contribution in [-0.2, 0) is 14.3 Å². The van der Waals surface area contributed by atoms with Gasteiger partial charge < -0.3 is 9.47 Å². The first-order chi connectivity index (χ1) is 9.30. The molecule has 0 aliphatic carbocycles. The topological polar surface area (TPSA) is 55.8 Å². The molecule has 114 valence electrons. The quantitative estimate of drug-likeness (QED) is 0.590. The van der Waals surface area contributed by atoms with Crippen molar-refractivity contribution in [1.29, 1.82) is 0 Å². The molecular formula is C15H25NO4. The van der Waals surface area contributed by atoms with Crippen LogP contribution >= 0.6 is 0 Å². The number of ether oxygens (including phenoxy) is 2. The maximum Gasteiger partial charge on any atom is 0.411 e. The number of esters is 1. The molecule has 1 aliphatic heterocycles. The Balaban J connectivity index is 2.96. The van der Waals surface area contributed by atoms with Crippen molar-refractivity contribution in [3.05, 3.63) is 12.7 Å². The van der Waals surface area contributed by atoms with Crippen molar-refractivity contribution in [2.24, 2.45) is 0 Å². The Kier molecular flexibility index (Phi) is 5.60. The van der Waals surface area contributed by atoms with Crippen molar-refractivity contribution in [1.82, 2.24) is 4.90 Å². The van der Waals surface area contributed by atoms with E-state index >= 15 is 0 Å². The van der Waals surface area contributed by atoms with E-state index in [1.165, 1.54) is 12.0 Å². The van der Waals surface area contributed by atoms with E-state index in [2.05, 4.69) is 6.58 Å². The molecular weight excluding hydrogens is 258 g/mol. The van der Waals surface area contributed by atoms with Crippen LogP contribution in [0.15, 0.2) is 12.7 Å². The van der Waals surface area contributed by atoms with Crippen molar-refractivity contribution in [3.63, 3.8) is 0 Å². The van der Waals surface area contributed by atoms with Gasteiger partial charge in [-0.05, 0) is 46.5 Å². The van der Waals surface area contributed by atoms with Gasteiger partial charge in [-0.2, -0.15) is 0 Å². The van der Waals surface area contributed by atoms with Gasteiger partial charge in [-0.25, -0.2) is 9.59 Å². The molecule has 0 bridgehead atoms. The molecule has 0 saturated carbocycles. The summed E-state index contributed by atoms with van der Waals surface area (Å²) in [5.74, 6) is -0.385. The summed E-state index contributed by atoms with van der Waals surface area (Å²) in [6.45, 7) is 9.15. The number of nitrogens with zero attached hydrogens (tertiary/aromatic N) is 1. The monoisotopic (exact) mass is 283 g/mol. The fraction of sp³-hybridized carbons (Fsp3) is 0.733. The number of hydrogen-bond donors (Lipinski definition) is 0. The van der Waals surface area contributed by atoms with Crippen LogP contribution in [-0.4, -0.2) is 41.8 Å². The molecule has 1 aliphatic rings. The third-order valence-electron chi connectivity index (χ3n) is 3.26. The number of piperidine rings is 1. The highest BCUT2D eigenvalue weighted by molar-refractivity contribution is 5.82. The normalized spacial score (nSPS) is 23.1. The van der Waals surface area contributed by atoms with Crippen molar-refractivity contribution in [3.8, 4) is 0 Å². The van der Waals surface area contributed by atoms with E-state index < -0.39 is 17.7 Å². The van der Waals surface area contributed by atoms with Crippen molar-refractivity contribution >= 4 is 12.1 Å². The molecule has 1 heterocycles. The Morgan fingerprint density at radius 3 is 2.50 bits per heavy atom. The number of carbonyl (C=O) groups is 2. The smallest absolute Gasteiger partial charge is 0.411 e. The van der Waals surface area contributed by atoms with Crippen LogP contribution in [0.3, 0.4) is 0 Å². The zero-order valence-corrected chi connectivity index (χ0v) is 12.8. The number of hydrogen-bond acceptors (Lipinski definition) is 4. The Labute approximate surface area is 120 Å². The summed E-state index contributed by atoms with van der Waals surface area (Å²) >= 11 is 0. The minimum atomic E-state index is -0.589. The second-order valence-corrected chi connectivity index (χ2v) is 6.04. The molecule has 5 heteroatoms. The second-order valence-electron chi connectivity index (χ2n) is 6.04. The van der Waals surface area contributed by atoms with Gasteiger partial charge in [-0.3, -0.25) is 4.90 Å². The molecule has 1 rings (SSSR count). The van der Waals surface area contributed by atoms with Crippen LogP contribution in [0.2, 0.25) is 0 Å². The maximum atomic E-state index is 12.4. The summed E-state index contributed by atoms with van der Waals surface area (Å²) in [5, 5.41) is 0. The molecule has 1 fully saturated rings. The van der Waals surface area contributed by atoms with Crippen LogP contribution in [0, 0.1) is 0 Å². The molecule has 0 aromatic rings. The molecule has 0 spiro atoms. The average Bonchev–Trinajstić information content (AvgIpc) is 2.35. The fourth-order valence-corrected chi connectivity index (χ4v) is 2.46. The van der Waals surface area contributed by atoms with E-state index in [1.807, 2.05) is 20.8 Å². The van der Waals surface area contributed by atoms with Gasteiger partial charge in [0, 0.05) is 6.04 Å². The minimum Gasteiger partial charge on any atom is -0.467 e. The summed E-state index contributed by atoms with van der Waals surface area (Å²) in [4.78, 5) is 25.8. The molecule has 1 unspecified atom stereocenters. The van der Waals surface area contributed by atoms with Crippen LogP contribution < -0.4 is 0 Å². The van der Waals surface area contributed by atoms with Crippen LogP contribution in [0.4, 0.5) is 4.79 Å². The summed E-state index contributed by atoms with van der Waals surface area (Å²) in [6, 6.07) is -0.617. The van der Waals surface area contributed by atoms with Gasteiger partial charge >= 0.3 is 12.1 Å². The number of methoxy groups -OCH3 is 1. The SMILES string of the molecule is C=CCC1CCC[C@@H](C(=O)OC)N1C(=O)OC(C)(C)C. The van der Waals surface area contributed by atoms with Crippen molar-refractivity contribution in [2.75, 3.05) is 7.11 Å². The number of carbonyl (C=O) groups excluding carboxylic acids is 2. The van der Waals surface area contributed by atoms with Gasteiger partial charge in [-0.1, -0.05) is 6.08 Å². The van der Waals surface area contributed by atoms with E-state index in [0.717, 1.165) is 12.8 Å². The van der Waals surface area contributed by atoms with Gasteiger partial charge in [-0.15, -0.1) is 6.58 Å². The average molecular weight is 283 g/mol. The summed E-state index contributed by atoms with van der Waals surface area (Å²) in [6.07, 6.45) is 4.30. The maximum absolute atomic E-state index is 12.4. The molecule has 20 heavy (non-hydrogen) atoms. The van der Waals surface area contributed by atoms with Crippen LogP contribution in [0.1, 0.15) is 46.5 Å². The third-order valence-corrected chi connectivity index (χ3v) is 3.26. The van der Waals surface area contributed by atoms with Gasteiger partial charge in [0.25, 0.3) is 0 Å². The second kappa shape index (κ2) is 6.77. The van der Waals surface area contributed by atoms with E-state index in [4.69, 9.17) is 9.47 Å². The van der Waals surface area contributed by atoms with Gasteiger partial charge in [0.1, 0.15) is 11.6 Å². The number of rotatable bonds is 3. The molecule has 1 saturated heterocycles. The molecule has 1 amide bonds. The number of amides is 1. The predicted molar refractivity (Wildman–Crippen MR) is 76.3 cm³/mol. The molecule has 0 aromatic carbocycles. The predicted octanol–water partition coefficient (Wildman–Crippen LogP) is 2.89. The highest BCUT2D eigenvalue weighted by Crippen LogP contribution is 2.28. The Morgan fingerprint density at radius 2 is 2.00 bits per heavy atom. The highest BCUT2D eigenvalue weighted by Gasteiger charge is 2.40. The summed E-state index contributed by atoms with van der Waals surface area (Å²) < 4.78 is 10.2. The molecule has 0 radical (unpaired) electrons. The number of likely N-dealkylation sites (tertiary alicyclic amines) is 1. The zero-order chi connectivity index (χ0) is 15.3. The lowest BCUT2D eigenvalue weighted by Gasteiger charge is -2.40. The van der Waals surface area contributed by atoms with Crippen LogP contribution in [0.5, 0.6) is 0 Å². The van der Waals surface area contributed by atoms with Gasteiger partial charge in [0.15, 0.2) is 0 Å². The van der Waals surface area contributed by atoms with E-state index in [9.17, 15) is 9.59 Å². The van der Waals surface area contributed by atoms with Crippen molar-refractivity contribution < 1.29 is 19.1 Å². The fourth-order valence-electron chi connectivity index (χ4n) is 2.46. The van der Waals surface area contributed by atoms with Crippen molar-refractivity contribution in [2.45, 2.75) is 64.1 Å². The largest absolute Gasteiger partial charge is 0.467 e. The standard InChI is InChI=1S/C15H25NO4/c1-6-8-11-9-7-10-12(13(17)19-5)16(11)14(18)20-15(2,3)4/h6,11-12H,1,7-10H2,2-5H3/t11?,12-/m0/s1. The first-order valence-electron chi connectivity index (χ1n) is 7.00. The third kappa shape index (κ3) is 4.25. The summed E-state index contributed by atoms with van der Waals surface area (Å²) in [7, 11) is 1.34. The van der Waals surface area contributed by atoms with Gasteiger partial charge in [0.05, 0.1) is 7.11 Å². The first-order valence-corrected chi connectivity index (χ1v) is 7.00. The van der Waals surface area contributed by atoms with Crippen LogP contribution in [0.25, 0.3) is 0 Å². The van der Waals surface area contributed by atoms with E-state index in [1.54, 1.807) is 6.08 Å².